The minimum Gasteiger partial charge on any atom is -0.370 e. The molecule has 1 unspecified atom stereocenters. The van der Waals surface area contributed by atoms with Crippen molar-refractivity contribution in [3.63, 3.8) is 0 Å². The van der Waals surface area contributed by atoms with Crippen LogP contribution in [0.2, 0.25) is 0 Å². The van der Waals surface area contributed by atoms with Gasteiger partial charge in [0, 0.05) is 18.5 Å². The van der Waals surface area contributed by atoms with Gasteiger partial charge in [-0.1, -0.05) is 25.5 Å². The van der Waals surface area contributed by atoms with Gasteiger partial charge in [0.05, 0.1) is 17.0 Å². The van der Waals surface area contributed by atoms with Gasteiger partial charge in [0.2, 0.25) is 17.7 Å². The number of anilines is 2. The molecule has 2 aromatic rings. The standard InChI is InChI=1S/C25H27F3N4O3/c1-4-5-19(30-31-22(34)9-8-21(29)33)23-18-7-6-16(25(26,27)28)13-20(18)32(24(23)35)17-11-14(2)10-15(3)12-17/h6-7,10-13,23H,4-5,8-9H2,1-3H3,(H2,29,33)(H,31,34)/b30-19-. The third kappa shape index (κ3) is 5.87. The summed E-state index contributed by atoms with van der Waals surface area (Å²) in [6.07, 6.45) is -4.00. The summed E-state index contributed by atoms with van der Waals surface area (Å²) in [7, 11) is 0. The second-order valence-electron chi connectivity index (χ2n) is 8.58. The van der Waals surface area contributed by atoms with Gasteiger partial charge in [-0.15, -0.1) is 0 Å². The quantitative estimate of drug-likeness (QED) is 0.418. The van der Waals surface area contributed by atoms with Crippen molar-refractivity contribution in [2.75, 3.05) is 4.90 Å². The van der Waals surface area contributed by atoms with Crippen molar-refractivity contribution in [3.05, 3.63) is 58.7 Å². The van der Waals surface area contributed by atoms with Gasteiger partial charge in [-0.3, -0.25) is 19.3 Å². The molecule has 0 saturated carbocycles. The zero-order chi connectivity index (χ0) is 25.9. The van der Waals surface area contributed by atoms with E-state index in [1.54, 1.807) is 12.1 Å². The van der Waals surface area contributed by atoms with Crippen LogP contribution in [0.1, 0.15) is 60.8 Å². The van der Waals surface area contributed by atoms with Crippen LogP contribution in [0.4, 0.5) is 24.5 Å². The zero-order valence-corrected chi connectivity index (χ0v) is 19.7. The lowest BCUT2D eigenvalue weighted by molar-refractivity contribution is -0.137. The van der Waals surface area contributed by atoms with E-state index >= 15 is 0 Å². The minimum atomic E-state index is -4.58. The molecule has 1 aliphatic heterocycles. The zero-order valence-electron chi connectivity index (χ0n) is 19.7. The smallest absolute Gasteiger partial charge is 0.370 e. The number of hydrogen-bond donors (Lipinski definition) is 2. The number of halogens is 3. The number of aryl methyl sites for hydroxylation is 2. The fourth-order valence-corrected chi connectivity index (χ4v) is 4.15. The first kappa shape index (κ1) is 25.9. The first-order valence-corrected chi connectivity index (χ1v) is 11.2. The largest absolute Gasteiger partial charge is 0.416 e. The molecule has 0 saturated heterocycles. The Kier molecular flexibility index (Phi) is 7.62. The normalized spacial score (nSPS) is 15.8. The van der Waals surface area contributed by atoms with E-state index < -0.39 is 35.4 Å². The highest BCUT2D eigenvalue weighted by Gasteiger charge is 2.43. The number of carbonyl (C=O) groups excluding carboxylic acids is 3. The summed E-state index contributed by atoms with van der Waals surface area (Å²) in [5.41, 5.74) is 9.54. The van der Waals surface area contributed by atoms with Crippen LogP contribution >= 0.6 is 0 Å². The number of nitrogens with one attached hydrogen (secondary N) is 1. The predicted octanol–water partition coefficient (Wildman–Crippen LogP) is 4.62. The van der Waals surface area contributed by atoms with E-state index in [-0.39, 0.29) is 18.5 Å². The molecule has 1 heterocycles. The van der Waals surface area contributed by atoms with Gasteiger partial charge in [-0.25, -0.2) is 5.43 Å². The molecular weight excluding hydrogens is 461 g/mol. The number of fused-ring (bicyclic) bond motifs is 1. The van der Waals surface area contributed by atoms with Crippen molar-refractivity contribution in [3.8, 4) is 0 Å². The molecule has 0 fully saturated rings. The van der Waals surface area contributed by atoms with Crippen LogP contribution in [0.5, 0.6) is 0 Å². The number of nitrogens with zero attached hydrogens (tertiary/aromatic N) is 2. The number of carbonyl (C=O) groups is 3. The van der Waals surface area contributed by atoms with Crippen molar-refractivity contribution < 1.29 is 27.6 Å². The van der Waals surface area contributed by atoms with Crippen molar-refractivity contribution in [2.45, 2.75) is 58.5 Å². The van der Waals surface area contributed by atoms with Gasteiger partial charge in [0.15, 0.2) is 0 Å². The fraction of sp³-hybridized carbons (Fsp3) is 0.360. The van der Waals surface area contributed by atoms with Gasteiger partial charge in [0.1, 0.15) is 5.92 Å². The van der Waals surface area contributed by atoms with Crippen LogP contribution in [0, 0.1) is 13.8 Å². The maximum atomic E-state index is 13.7. The Bertz CT molecular complexity index is 1170. The highest BCUT2D eigenvalue weighted by molar-refractivity contribution is 6.22. The summed E-state index contributed by atoms with van der Waals surface area (Å²) in [6.45, 7) is 5.54. The molecule has 10 heteroatoms. The van der Waals surface area contributed by atoms with Crippen molar-refractivity contribution in [2.24, 2.45) is 10.8 Å². The second kappa shape index (κ2) is 10.3. The predicted molar refractivity (Wildman–Crippen MR) is 126 cm³/mol. The summed E-state index contributed by atoms with van der Waals surface area (Å²) >= 11 is 0. The number of rotatable bonds is 8. The summed E-state index contributed by atoms with van der Waals surface area (Å²) in [5, 5.41) is 4.15. The van der Waals surface area contributed by atoms with Gasteiger partial charge in [-0.2, -0.15) is 18.3 Å². The van der Waals surface area contributed by atoms with Crippen LogP contribution in [0.3, 0.4) is 0 Å². The molecule has 186 valence electrons. The van der Waals surface area contributed by atoms with Crippen LogP contribution < -0.4 is 16.1 Å². The molecule has 3 N–H and O–H groups in total. The second-order valence-corrected chi connectivity index (χ2v) is 8.58. The molecule has 3 amide bonds. The Labute approximate surface area is 201 Å². The van der Waals surface area contributed by atoms with Gasteiger partial charge < -0.3 is 5.73 Å². The van der Waals surface area contributed by atoms with Gasteiger partial charge >= 0.3 is 6.18 Å². The highest BCUT2D eigenvalue weighted by Crippen LogP contribution is 2.46. The van der Waals surface area contributed by atoms with E-state index in [1.165, 1.54) is 11.0 Å². The summed E-state index contributed by atoms with van der Waals surface area (Å²) in [4.78, 5) is 38.0. The van der Waals surface area contributed by atoms with E-state index in [2.05, 4.69) is 10.5 Å². The molecule has 0 aliphatic carbocycles. The van der Waals surface area contributed by atoms with Crippen LogP contribution in [-0.2, 0) is 20.6 Å². The van der Waals surface area contributed by atoms with E-state index in [9.17, 15) is 27.6 Å². The molecule has 3 rings (SSSR count). The number of hydrazone groups is 1. The summed E-state index contributed by atoms with van der Waals surface area (Å²) < 4.78 is 40.6. The number of amides is 3. The minimum absolute atomic E-state index is 0.128. The number of primary amides is 1. The highest BCUT2D eigenvalue weighted by atomic mass is 19.4. The first-order valence-electron chi connectivity index (χ1n) is 11.2. The van der Waals surface area contributed by atoms with Crippen LogP contribution in [0.15, 0.2) is 41.5 Å². The maximum absolute atomic E-state index is 13.7. The lowest BCUT2D eigenvalue weighted by Crippen LogP contribution is -2.30. The molecule has 0 aromatic heterocycles. The summed E-state index contributed by atoms with van der Waals surface area (Å²) in [6, 6.07) is 8.59. The topological polar surface area (TPSA) is 105 Å². The SMILES string of the molecule is CCC/C(=N/NC(=O)CCC(N)=O)C1C(=O)N(c2cc(C)cc(C)c2)c2cc(C(F)(F)F)ccc21. The molecule has 0 spiro atoms. The Morgan fingerprint density at radius 1 is 1.06 bits per heavy atom. The summed E-state index contributed by atoms with van der Waals surface area (Å²) in [5.74, 6) is -2.61. The molecule has 7 nitrogen and oxygen atoms in total. The lowest BCUT2D eigenvalue weighted by atomic mass is 9.92. The molecule has 0 radical (unpaired) electrons. The maximum Gasteiger partial charge on any atom is 0.416 e. The first-order chi connectivity index (χ1) is 16.4. The van der Waals surface area contributed by atoms with Crippen LogP contribution in [-0.4, -0.2) is 23.4 Å². The molecule has 1 atom stereocenters. The number of alkyl halides is 3. The van der Waals surface area contributed by atoms with E-state index in [1.807, 2.05) is 26.8 Å². The molecule has 2 aromatic carbocycles. The number of hydrogen-bond acceptors (Lipinski definition) is 4. The average molecular weight is 489 g/mol. The van der Waals surface area contributed by atoms with Crippen molar-refractivity contribution in [1.29, 1.82) is 0 Å². The Balaban J connectivity index is 2.09. The van der Waals surface area contributed by atoms with Gasteiger partial charge in [-0.05, 0) is 61.2 Å². The third-order valence-corrected chi connectivity index (χ3v) is 5.60. The van der Waals surface area contributed by atoms with Gasteiger partial charge in [0.25, 0.3) is 0 Å². The third-order valence-electron chi connectivity index (χ3n) is 5.60. The number of nitrogens with two attached hydrogens (primary N) is 1. The van der Waals surface area contributed by atoms with Crippen molar-refractivity contribution >= 4 is 34.8 Å². The Hall–Kier alpha value is -3.69. The lowest BCUT2D eigenvalue weighted by Gasteiger charge is -2.20. The van der Waals surface area contributed by atoms with E-state index in [0.717, 1.165) is 23.3 Å². The molecule has 1 aliphatic rings. The molecule has 35 heavy (non-hydrogen) atoms. The Morgan fingerprint density at radius 2 is 1.71 bits per heavy atom. The average Bonchev–Trinajstić information content (AvgIpc) is 3.04. The molecular formula is C25H27F3N4O3. The monoisotopic (exact) mass is 488 g/mol. The van der Waals surface area contributed by atoms with Crippen LogP contribution in [0.25, 0.3) is 0 Å². The number of benzene rings is 2. The Morgan fingerprint density at radius 3 is 2.29 bits per heavy atom. The molecule has 0 bridgehead atoms. The van der Waals surface area contributed by atoms with E-state index in [4.69, 9.17) is 5.73 Å². The van der Waals surface area contributed by atoms with Crippen molar-refractivity contribution in [1.82, 2.24) is 5.43 Å². The van der Waals surface area contributed by atoms with E-state index in [0.29, 0.717) is 29.8 Å². The fourth-order valence-electron chi connectivity index (χ4n) is 4.15.